The molecular weight excluding hydrogens is 148 g/mol. The molecule has 2 bridgehead atoms. The third kappa shape index (κ3) is 0.884. The zero-order chi connectivity index (χ0) is 8.93. The van der Waals surface area contributed by atoms with Gasteiger partial charge in [0.25, 0.3) is 0 Å². The van der Waals surface area contributed by atoms with Crippen LogP contribution in [-0.2, 0) is 4.79 Å². The Bertz CT molecular complexity index is 217. The lowest BCUT2D eigenvalue weighted by Gasteiger charge is -2.36. The van der Waals surface area contributed by atoms with Crippen molar-refractivity contribution in [1.29, 1.82) is 0 Å². The number of Topliss-reactive ketones (excluding diaryl/α,β-unsaturated/α-hetero) is 1. The Morgan fingerprint density at radius 2 is 2.00 bits per heavy atom. The van der Waals surface area contributed by atoms with Gasteiger partial charge in [0.15, 0.2) is 0 Å². The molecule has 2 fully saturated rings. The Labute approximate surface area is 74.5 Å². The van der Waals surface area contributed by atoms with Crippen molar-refractivity contribution in [3.05, 3.63) is 0 Å². The molecule has 0 aromatic heterocycles. The minimum absolute atomic E-state index is 0.300. The predicted molar refractivity (Wildman–Crippen MR) is 48.8 cm³/mol. The molecule has 2 rings (SSSR count). The molecule has 1 heteroatoms. The van der Waals surface area contributed by atoms with Crippen LogP contribution in [0.1, 0.15) is 40.0 Å². The third-order valence-electron chi connectivity index (χ3n) is 4.24. The second-order valence-corrected chi connectivity index (χ2v) is 5.18. The Morgan fingerprint density at radius 1 is 1.33 bits per heavy atom. The van der Waals surface area contributed by atoms with E-state index in [1.54, 1.807) is 6.92 Å². The van der Waals surface area contributed by atoms with E-state index in [0.717, 1.165) is 11.8 Å². The van der Waals surface area contributed by atoms with Gasteiger partial charge in [0.1, 0.15) is 5.78 Å². The molecule has 0 aromatic carbocycles. The highest BCUT2D eigenvalue weighted by atomic mass is 16.1. The highest BCUT2D eigenvalue weighted by molar-refractivity contribution is 5.80. The van der Waals surface area contributed by atoms with E-state index < -0.39 is 0 Å². The van der Waals surface area contributed by atoms with E-state index in [2.05, 4.69) is 13.8 Å². The number of ketones is 1. The maximum absolute atomic E-state index is 11.5. The summed E-state index contributed by atoms with van der Waals surface area (Å²) in [5.41, 5.74) is 0.300. The van der Waals surface area contributed by atoms with Crippen LogP contribution in [0.5, 0.6) is 0 Å². The van der Waals surface area contributed by atoms with Crippen molar-refractivity contribution >= 4 is 5.78 Å². The van der Waals surface area contributed by atoms with Crippen molar-refractivity contribution in [3.63, 3.8) is 0 Å². The lowest BCUT2D eigenvalue weighted by Crippen LogP contribution is -2.35. The van der Waals surface area contributed by atoms with E-state index >= 15 is 0 Å². The smallest absolute Gasteiger partial charge is 0.133 e. The fraction of sp³-hybridized carbons (Fsp3) is 0.909. The van der Waals surface area contributed by atoms with Gasteiger partial charge in [0.2, 0.25) is 0 Å². The molecule has 0 radical (unpaired) electrons. The first-order valence-electron chi connectivity index (χ1n) is 5.04. The zero-order valence-corrected chi connectivity index (χ0v) is 8.26. The number of carbonyl (C=O) groups is 1. The summed E-state index contributed by atoms with van der Waals surface area (Å²) in [6, 6.07) is 0. The molecule has 12 heavy (non-hydrogen) atoms. The number of hydrogen-bond acceptors (Lipinski definition) is 1. The molecule has 1 nitrogen and oxygen atoms in total. The maximum atomic E-state index is 11.5. The van der Waals surface area contributed by atoms with Crippen LogP contribution in [0.3, 0.4) is 0 Å². The average Bonchev–Trinajstić information content (AvgIpc) is 2.41. The summed E-state index contributed by atoms with van der Waals surface area (Å²) in [5, 5.41) is 0. The summed E-state index contributed by atoms with van der Waals surface area (Å²) < 4.78 is 0. The van der Waals surface area contributed by atoms with Crippen molar-refractivity contribution in [1.82, 2.24) is 0 Å². The first kappa shape index (κ1) is 8.28. The zero-order valence-electron chi connectivity index (χ0n) is 8.26. The minimum Gasteiger partial charge on any atom is -0.300 e. The van der Waals surface area contributed by atoms with Gasteiger partial charge in [-0.15, -0.1) is 0 Å². The van der Waals surface area contributed by atoms with Crippen molar-refractivity contribution in [3.8, 4) is 0 Å². The highest BCUT2D eigenvalue weighted by Gasteiger charge is 2.54. The van der Waals surface area contributed by atoms with Crippen LogP contribution in [0, 0.1) is 23.2 Å². The molecule has 0 aliphatic heterocycles. The molecule has 3 atom stereocenters. The number of hydrogen-bond donors (Lipinski definition) is 0. The fourth-order valence-corrected chi connectivity index (χ4v) is 3.71. The van der Waals surface area contributed by atoms with Gasteiger partial charge >= 0.3 is 0 Å². The molecule has 0 unspecified atom stereocenters. The van der Waals surface area contributed by atoms with Crippen LogP contribution in [0.2, 0.25) is 0 Å². The van der Waals surface area contributed by atoms with E-state index in [0.29, 0.717) is 17.1 Å². The SMILES string of the molecule is CC(=O)[C@@H]1[C@@H]2CC[C@@H](C2)C1(C)C. The monoisotopic (exact) mass is 166 g/mol. The molecule has 0 saturated heterocycles. The van der Waals surface area contributed by atoms with Gasteiger partial charge in [0.05, 0.1) is 0 Å². The van der Waals surface area contributed by atoms with Crippen LogP contribution in [0.25, 0.3) is 0 Å². The van der Waals surface area contributed by atoms with E-state index in [4.69, 9.17) is 0 Å². The summed E-state index contributed by atoms with van der Waals surface area (Å²) >= 11 is 0. The summed E-state index contributed by atoms with van der Waals surface area (Å²) in [4.78, 5) is 11.5. The Kier molecular flexibility index (Phi) is 1.61. The molecule has 2 aliphatic rings. The van der Waals surface area contributed by atoms with Crippen LogP contribution < -0.4 is 0 Å². The van der Waals surface area contributed by atoms with Crippen LogP contribution in [0.15, 0.2) is 0 Å². The minimum atomic E-state index is 0.300. The normalized spacial score (nSPS) is 43.4. The highest BCUT2D eigenvalue weighted by Crippen LogP contribution is 2.59. The van der Waals surface area contributed by atoms with Crippen molar-refractivity contribution in [2.24, 2.45) is 23.2 Å². The van der Waals surface area contributed by atoms with Crippen LogP contribution in [0.4, 0.5) is 0 Å². The summed E-state index contributed by atoms with van der Waals surface area (Å²) in [5.74, 6) is 2.35. The molecule has 0 N–H and O–H groups in total. The van der Waals surface area contributed by atoms with E-state index in [-0.39, 0.29) is 0 Å². The van der Waals surface area contributed by atoms with Gasteiger partial charge in [-0.1, -0.05) is 13.8 Å². The van der Waals surface area contributed by atoms with E-state index in [1.165, 1.54) is 19.3 Å². The Morgan fingerprint density at radius 3 is 2.33 bits per heavy atom. The summed E-state index contributed by atoms with van der Waals surface area (Å²) in [6.07, 6.45) is 3.98. The molecule has 2 saturated carbocycles. The standard InChI is InChI=1S/C11H18O/c1-7(12)10-8-4-5-9(6-8)11(10,2)3/h8-10H,4-6H2,1-3H3/t8-,9+,10-/m1/s1. The maximum Gasteiger partial charge on any atom is 0.133 e. The third-order valence-corrected chi connectivity index (χ3v) is 4.24. The van der Waals surface area contributed by atoms with Gasteiger partial charge in [-0.25, -0.2) is 0 Å². The molecule has 2 aliphatic carbocycles. The number of rotatable bonds is 1. The molecule has 0 amide bonds. The van der Waals surface area contributed by atoms with Gasteiger partial charge in [-0.2, -0.15) is 0 Å². The van der Waals surface area contributed by atoms with Gasteiger partial charge in [-0.05, 0) is 43.4 Å². The number of carbonyl (C=O) groups excluding carboxylic acids is 1. The van der Waals surface area contributed by atoms with E-state index in [9.17, 15) is 4.79 Å². The topological polar surface area (TPSA) is 17.1 Å². The fourth-order valence-electron chi connectivity index (χ4n) is 3.71. The lowest BCUT2D eigenvalue weighted by atomic mass is 9.67. The van der Waals surface area contributed by atoms with Gasteiger partial charge in [0, 0.05) is 5.92 Å². The largest absolute Gasteiger partial charge is 0.300 e. The molecule has 0 heterocycles. The van der Waals surface area contributed by atoms with Crippen LogP contribution >= 0.6 is 0 Å². The first-order chi connectivity index (χ1) is 5.53. The van der Waals surface area contributed by atoms with Gasteiger partial charge in [-0.3, -0.25) is 4.79 Å². The van der Waals surface area contributed by atoms with Gasteiger partial charge < -0.3 is 0 Å². The second kappa shape index (κ2) is 2.34. The van der Waals surface area contributed by atoms with Crippen molar-refractivity contribution in [2.45, 2.75) is 40.0 Å². The lowest BCUT2D eigenvalue weighted by molar-refractivity contribution is -0.126. The van der Waals surface area contributed by atoms with Crippen molar-refractivity contribution in [2.75, 3.05) is 0 Å². The molecule has 0 aromatic rings. The predicted octanol–water partition coefficient (Wildman–Crippen LogP) is 2.65. The molecular formula is C11H18O. The summed E-state index contributed by atoms with van der Waals surface area (Å²) in [6.45, 7) is 6.33. The average molecular weight is 166 g/mol. The molecule has 0 spiro atoms. The summed E-state index contributed by atoms with van der Waals surface area (Å²) in [7, 11) is 0. The Balaban J connectivity index is 2.29. The van der Waals surface area contributed by atoms with E-state index in [1.807, 2.05) is 0 Å². The van der Waals surface area contributed by atoms with Crippen LogP contribution in [-0.4, -0.2) is 5.78 Å². The Hall–Kier alpha value is -0.330. The van der Waals surface area contributed by atoms with Crippen molar-refractivity contribution < 1.29 is 4.79 Å². The number of fused-ring (bicyclic) bond motifs is 2. The first-order valence-corrected chi connectivity index (χ1v) is 5.04. The second-order valence-electron chi connectivity index (χ2n) is 5.18. The molecule has 68 valence electrons. The quantitative estimate of drug-likeness (QED) is 0.585.